The van der Waals surface area contributed by atoms with Gasteiger partial charge >= 0.3 is 0 Å². The minimum Gasteiger partial charge on any atom is -0.387 e. The predicted octanol–water partition coefficient (Wildman–Crippen LogP) is 5.83. The number of aromatic nitrogens is 1. The standard InChI is InChI=1S/C25H30N2/c1-5-16-25(19(4)26-18-15-20-12-10-11-17-27-20)23(7-3)21(6-2)22-13-8-9-14-24(22)25/h6-14,17,26H,4-5,15-16,18H2,1-3H3/b21-6-,23-7+. The molecule has 1 heterocycles. The SMILES string of the molecule is C=C(NCCc1ccccn1)C1(CCC)C(=C/C)/C(=C\C)c2ccccc21. The highest BCUT2D eigenvalue weighted by Gasteiger charge is 2.46. The van der Waals surface area contributed by atoms with E-state index in [-0.39, 0.29) is 5.41 Å². The van der Waals surface area contributed by atoms with E-state index in [4.69, 9.17) is 0 Å². The van der Waals surface area contributed by atoms with Gasteiger partial charge in [-0.15, -0.1) is 0 Å². The molecular formula is C25H30N2. The molecule has 0 saturated heterocycles. The average molecular weight is 359 g/mol. The van der Waals surface area contributed by atoms with Gasteiger partial charge in [-0.25, -0.2) is 0 Å². The van der Waals surface area contributed by atoms with Crippen LogP contribution >= 0.6 is 0 Å². The zero-order valence-electron chi connectivity index (χ0n) is 16.8. The molecule has 0 bridgehead atoms. The van der Waals surface area contributed by atoms with Crippen molar-refractivity contribution in [1.29, 1.82) is 0 Å². The molecule has 1 aliphatic rings. The van der Waals surface area contributed by atoms with Gasteiger partial charge in [0.05, 0.1) is 5.41 Å². The normalized spacial score (nSPS) is 21.4. The fourth-order valence-corrected chi connectivity index (χ4v) is 4.48. The Labute approximate surface area is 163 Å². The van der Waals surface area contributed by atoms with Gasteiger partial charge in [0.1, 0.15) is 0 Å². The van der Waals surface area contributed by atoms with Gasteiger partial charge in [0.15, 0.2) is 0 Å². The molecule has 0 spiro atoms. The van der Waals surface area contributed by atoms with Gasteiger partial charge in [0.25, 0.3) is 0 Å². The Balaban J connectivity index is 1.93. The summed E-state index contributed by atoms with van der Waals surface area (Å²) in [4.78, 5) is 4.43. The Morgan fingerprint density at radius 2 is 1.89 bits per heavy atom. The second kappa shape index (κ2) is 8.39. The van der Waals surface area contributed by atoms with E-state index in [9.17, 15) is 0 Å². The molecule has 0 saturated carbocycles. The summed E-state index contributed by atoms with van der Waals surface area (Å²) in [6.45, 7) is 11.9. The fourth-order valence-electron chi connectivity index (χ4n) is 4.48. The summed E-state index contributed by atoms with van der Waals surface area (Å²) in [6.07, 6.45) is 9.42. The van der Waals surface area contributed by atoms with Crippen molar-refractivity contribution in [3.63, 3.8) is 0 Å². The van der Waals surface area contributed by atoms with Crippen molar-refractivity contribution in [3.05, 3.63) is 95.5 Å². The van der Waals surface area contributed by atoms with E-state index in [1.54, 1.807) is 0 Å². The van der Waals surface area contributed by atoms with Crippen molar-refractivity contribution in [2.45, 2.75) is 45.4 Å². The molecule has 1 unspecified atom stereocenters. The lowest BCUT2D eigenvalue weighted by molar-refractivity contribution is 0.510. The summed E-state index contributed by atoms with van der Waals surface area (Å²) >= 11 is 0. The number of nitrogens with one attached hydrogen (secondary N) is 1. The van der Waals surface area contributed by atoms with Crippen molar-refractivity contribution < 1.29 is 0 Å². The second-order valence-electron chi connectivity index (χ2n) is 7.08. The minimum atomic E-state index is -0.161. The maximum absolute atomic E-state index is 4.52. The summed E-state index contributed by atoms with van der Waals surface area (Å²) in [5, 5.41) is 3.65. The summed E-state index contributed by atoms with van der Waals surface area (Å²) in [5.74, 6) is 0. The van der Waals surface area contributed by atoms with Crippen molar-refractivity contribution in [2.75, 3.05) is 6.54 Å². The Hall–Kier alpha value is -2.61. The molecule has 140 valence electrons. The smallest absolute Gasteiger partial charge is 0.0600 e. The quantitative estimate of drug-likeness (QED) is 0.673. The predicted molar refractivity (Wildman–Crippen MR) is 116 cm³/mol. The number of allylic oxidation sites excluding steroid dienone is 4. The highest BCUT2D eigenvalue weighted by Crippen LogP contribution is 2.55. The lowest BCUT2D eigenvalue weighted by Gasteiger charge is -2.35. The number of hydrogen-bond donors (Lipinski definition) is 1. The van der Waals surface area contributed by atoms with Crippen molar-refractivity contribution >= 4 is 5.57 Å². The van der Waals surface area contributed by atoms with Gasteiger partial charge in [0, 0.05) is 30.6 Å². The van der Waals surface area contributed by atoms with Crippen molar-refractivity contribution in [1.82, 2.24) is 10.3 Å². The van der Waals surface area contributed by atoms with Gasteiger partial charge in [-0.05, 0) is 54.7 Å². The van der Waals surface area contributed by atoms with E-state index in [1.165, 1.54) is 22.3 Å². The van der Waals surface area contributed by atoms with Crippen LogP contribution in [0.15, 0.2) is 78.7 Å². The molecule has 0 fully saturated rings. The maximum atomic E-state index is 4.52. The summed E-state index contributed by atoms with van der Waals surface area (Å²) in [6, 6.07) is 14.9. The minimum absolute atomic E-state index is 0.161. The summed E-state index contributed by atoms with van der Waals surface area (Å²) in [7, 11) is 0. The third kappa shape index (κ3) is 3.37. The van der Waals surface area contributed by atoms with Gasteiger partial charge in [-0.3, -0.25) is 4.98 Å². The average Bonchev–Trinajstić information content (AvgIpc) is 2.99. The van der Waals surface area contributed by atoms with E-state index in [0.717, 1.165) is 37.2 Å². The third-order valence-electron chi connectivity index (χ3n) is 5.59. The number of nitrogens with zero attached hydrogens (tertiary/aromatic N) is 1. The molecule has 1 aliphatic carbocycles. The zero-order valence-corrected chi connectivity index (χ0v) is 16.8. The van der Waals surface area contributed by atoms with E-state index in [1.807, 2.05) is 18.3 Å². The van der Waals surface area contributed by atoms with E-state index in [0.29, 0.717) is 0 Å². The van der Waals surface area contributed by atoms with Crippen molar-refractivity contribution in [3.8, 4) is 0 Å². The van der Waals surface area contributed by atoms with Crippen LogP contribution in [0, 0.1) is 0 Å². The van der Waals surface area contributed by atoms with E-state index in [2.05, 4.69) is 80.1 Å². The zero-order chi connectivity index (χ0) is 19.3. The molecule has 1 aromatic carbocycles. The first-order chi connectivity index (χ1) is 13.2. The van der Waals surface area contributed by atoms with E-state index < -0.39 is 0 Å². The Morgan fingerprint density at radius 3 is 2.56 bits per heavy atom. The Bertz CT molecular complexity index is 861. The number of benzene rings is 1. The molecule has 2 heteroatoms. The van der Waals surface area contributed by atoms with Gasteiger partial charge in [-0.1, -0.05) is 62.4 Å². The van der Waals surface area contributed by atoms with Gasteiger partial charge in [-0.2, -0.15) is 0 Å². The lowest BCUT2D eigenvalue weighted by Crippen LogP contribution is -2.36. The van der Waals surface area contributed by atoms with Crippen LogP contribution in [0.2, 0.25) is 0 Å². The number of fused-ring (bicyclic) bond motifs is 1. The molecule has 3 rings (SSSR count). The van der Waals surface area contributed by atoms with Crippen LogP contribution in [0.5, 0.6) is 0 Å². The molecule has 1 N–H and O–H groups in total. The van der Waals surface area contributed by atoms with Gasteiger partial charge < -0.3 is 5.32 Å². The highest BCUT2D eigenvalue weighted by atomic mass is 14.9. The van der Waals surface area contributed by atoms with Crippen LogP contribution in [0.3, 0.4) is 0 Å². The topological polar surface area (TPSA) is 24.9 Å². The van der Waals surface area contributed by atoms with Crippen LogP contribution in [0.4, 0.5) is 0 Å². The monoisotopic (exact) mass is 358 g/mol. The molecule has 1 aromatic heterocycles. The number of pyridine rings is 1. The molecule has 27 heavy (non-hydrogen) atoms. The fraction of sp³-hybridized carbons (Fsp3) is 0.320. The van der Waals surface area contributed by atoms with Crippen LogP contribution < -0.4 is 5.32 Å². The summed E-state index contributed by atoms with van der Waals surface area (Å²) in [5.41, 5.74) is 7.48. The second-order valence-corrected chi connectivity index (χ2v) is 7.08. The molecule has 1 atom stereocenters. The first-order valence-electron chi connectivity index (χ1n) is 9.95. The Morgan fingerprint density at radius 1 is 1.11 bits per heavy atom. The summed E-state index contributed by atoms with van der Waals surface area (Å²) < 4.78 is 0. The molecule has 2 aromatic rings. The van der Waals surface area contributed by atoms with Crippen LogP contribution in [0.1, 0.15) is 50.4 Å². The third-order valence-corrected chi connectivity index (χ3v) is 5.59. The van der Waals surface area contributed by atoms with Crippen LogP contribution in [0.25, 0.3) is 5.57 Å². The number of hydrogen-bond acceptors (Lipinski definition) is 2. The van der Waals surface area contributed by atoms with Crippen LogP contribution in [-0.4, -0.2) is 11.5 Å². The molecule has 0 radical (unpaired) electrons. The first kappa shape index (κ1) is 19.2. The lowest BCUT2D eigenvalue weighted by atomic mass is 9.72. The Kier molecular flexibility index (Phi) is 5.95. The van der Waals surface area contributed by atoms with Crippen LogP contribution in [-0.2, 0) is 11.8 Å². The molecule has 0 amide bonds. The van der Waals surface area contributed by atoms with Crippen molar-refractivity contribution in [2.24, 2.45) is 0 Å². The molecule has 0 aliphatic heterocycles. The van der Waals surface area contributed by atoms with E-state index >= 15 is 0 Å². The number of rotatable bonds is 7. The first-order valence-corrected chi connectivity index (χ1v) is 9.95. The maximum Gasteiger partial charge on any atom is 0.0600 e. The van der Waals surface area contributed by atoms with Gasteiger partial charge in [0.2, 0.25) is 0 Å². The molecular weight excluding hydrogens is 328 g/mol. The highest BCUT2D eigenvalue weighted by molar-refractivity contribution is 5.91. The largest absolute Gasteiger partial charge is 0.387 e. The molecule has 2 nitrogen and oxygen atoms in total.